The number of hydrogen-bond donors (Lipinski definition) is 1. The minimum atomic E-state index is -0.586. The molecular weight excluding hydrogens is 246 g/mol. The Labute approximate surface area is 112 Å². The van der Waals surface area contributed by atoms with E-state index < -0.39 is 12.1 Å². The second-order valence-corrected chi connectivity index (χ2v) is 4.05. The fourth-order valence-electron chi connectivity index (χ4n) is 1.27. The number of anilines is 1. The zero-order valence-electron chi connectivity index (χ0n) is 11.1. The zero-order valence-corrected chi connectivity index (χ0v) is 11.1. The van der Waals surface area contributed by atoms with E-state index >= 15 is 0 Å². The third kappa shape index (κ3) is 5.72. The molecule has 0 aliphatic heterocycles. The van der Waals surface area contributed by atoms with E-state index in [9.17, 15) is 9.59 Å². The van der Waals surface area contributed by atoms with Crippen LogP contribution in [0.4, 0.5) is 10.5 Å². The summed E-state index contributed by atoms with van der Waals surface area (Å²) in [6, 6.07) is 7.34. The van der Waals surface area contributed by atoms with Gasteiger partial charge in [-0.1, -0.05) is 18.7 Å². The lowest BCUT2D eigenvalue weighted by molar-refractivity contribution is -0.139. The number of benzene rings is 1. The minimum Gasteiger partial charge on any atom is -0.459 e. The van der Waals surface area contributed by atoms with Crippen molar-refractivity contribution in [2.75, 3.05) is 18.5 Å². The van der Waals surface area contributed by atoms with Gasteiger partial charge in [-0.25, -0.2) is 9.59 Å². The van der Waals surface area contributed by atoms with Crippen molar-refractivity contribution in [1.29, 1.82) is 0 Å². The lowest BCUT2D eigenvalue weighted by Gasteiger charge is -2.08. The summed E-state index contributed by atoms with van der Waals surface area (Å²) in [7, 11) is 0. The number of aryl methyl sites for hydroxylation is 1. The van der Waals surface area contributed by atoms with Crippen LogP contribution in [-0.2, 0) is 14.3 Å². The Balaban J connectivity index is 2.25. The van der Waals surface area contributed by atoms with Gasteiger partial charge in [0.1, 0.15) is 13.2 Å². The number of esters is 1. The molecule has 0 fully saturated rings. The maximum absolute atomic E-state index is 11.4. The third-order valence-corrected chi connectivity index (χ3v) is 2.16. The summed E-state index contributed by atoms with van der Waals surface area (Å²) in [6.07, 6.45) is -0.586. The highest BCUT2D eigenvalue weighted by atomic mass is 16.6. The van der Waals surface area contributed by atoms with Crippen LogP contribution in [0.25, 0.3) is 0 Å². The first kappa shape index (κ1) is 14.8. The first-order valence-corrected chi connectivity index (χ1v) is 5.82. The lowest BCUT2D eigenvalue weighted by Crippen LogP contribution is -2.18. The van der Waals surface area contributed by atoms with Gasteiger partial charge in [-0.15, -0.1) is 0 Å². The highest BCUT2D eigenvalue weighted by molar-refractivity contribution is 5.87. The van der Waals surface area contributed by atoms with Gasteiger partial charge in [-0.05, 0) is 31.5 Å². The van der Waals surface area contributed by atoms with E-state index in [2.05, 4.69) is 11.9 Å². The van der Waals surface area contributed by atoms with Crippen LogP contribution in [0.15, 0.2) is 36.4 Å². The average Bonchev–Trinajstić information content (AvgIpc) is 2.34. The fraction of sp³-hybridized carbons (Fsp3) is 0.286. The molecule has 5 nitrogen and oxygen atoms in total. The van der Waals surface area contributed by atoms with Gasteiger partial charge in [0.2, 0.25) is 0 Å². The lowest BCUT2D eigenvalue weighted by atomic mass is 10.2. The molecule has 0 aliphatic carbocycles. The molecular formula is C14H17NO4. The second-order valence-electron chi connectivity index (χ2n) is 4.05. The molecule has 0 unspecified atom stereocenters. The monoisotopic (exact) mass is 263 g/mol. The van der Waals surface area contributed by atoms with Crippen LogP contribution >= 0.6 is 0 Å². The SMILES string of the molecule is C=C(C)C(=O)OCCOC(=O)Nc1cccc(C)c1. The smallest absolute Gasteiger partial charge is 0.411 e. The molecule has 0 saturated carbocycles. The third-order valence-electron chi connectivity index (χ3n) is 2.16. The van der Waals surface area contributed by atoms with Crippen LogP contribution in [-0.4, -0.2) is 25.3 Å². The Morgan fingerprint density at radius 2 is 1.95 bits per heavy atom. The van der Waals surface area contributed by atoms with Crippen molar-refractivity contribution in [3.8, 4) is 0 Å². The Bertz CT molecular complexity index is 482. The average molecular weight is 263 g/mol. The molecule has 19 heavy (non-hydrogen) atoms. The van der Waals surface area contributed by atoms with Crippen molar-refractivity contribution < 1.29 is 19.1 Å². The molecule has 0 aliphatic rings. The first-order chi connectivity index (χ1) is 8.99. The van der Waals surface area contributed by atoms with Crippen LogP contribution in [0.3, 0.4) is 0 Å². The summed E-state index contributed by atoms with van der Waals surface area (Å²) >= 11 is 0. The molecule has 0 radical (unpaired) electrons. The predicted octanol–water partition coefficient (Wildman–Crippen LogP) is 2.66. The van der Waals surface area contributed by atoms with Crippen LogP contribution in [0.2, 0.25) is 0 Å². The van der Waals surface area contributed by atoms with E-state index in [4.69, 9.17) is 9.47 Å². The number of carbonyl (C=O) groups is 2. The van der Waals surface area contributed by atoms with Gasteiger partial charge >= 0.3 is 12.1 Å². The maximum atomic E-state index is 11.4. The largest absolute Gasteiger partial charge is 0.459 e. The van der Waals surface area contributed by atoms with Crippen molar-refractivity contribution in [1.82, 2.24) is 0 Å². The van der Waals surface area contributed by atoms with Crippen molar-refractivity contribution in [3.63, 3.8) is 0 Å². The van der Waals surface area contributed by atoms with Crippen LogP contribution < -0.4 is 5.32 Å². The molecule has 1 amide bonds. The molecule has 102 valence electrons. The molecule has 0 bridgehead atoms. The summed E-state index contributed by atoms with van der Waals surface area (Å²) in [4.78, 5) is 22.4. The zero-order chi connectivity index (χ0) is 14.3. The predicted molar refractivity (Wildman–Crippen MR) is 71.9 cm³/mol. The van der Waals surface area contributed by atoms with Gasteiger partial charge in [0, 0.05) is 11.3 Å². The summed E-state index contributed by atoms with van der Waals surface area (Å²) in [5.41, 5.74) is 2.00. The van der Waals surface area contributed by atoms with Gasteiger partial charge in [0.25, 0.3) is 0 Å². The van der Waals surface area contributed by atoms with Crippen LogP contribution in [0.1, 0.15) is 12.5 Å². The van der Waals surface area contributed by atoms with E-state index in [-0.39, 0.29) is 13.2 Å². The molecule has 1 aromatic carbocycles. The van der Waals surface area contributed by atoms with Crippen LogP contribution in [0.5, 0.6) is 0 Å². The molecule has 0 saturated heterocycles. The van der Waals surface area contributed by atoms with E-state index in [1.807, 2.05) is 25.1 Å². The molecule has 0 aromatic heterocycles. The molecule has 0 heterocycles. The van der Waals surface area contributed by atoms with Gasteiger partial charge < -0.3 is 9.47 Å². The fourth-order valence-corrected chi connectivity index (χ4v) is 1.27. The molecule has 1 N–H and O–H groups in total. The standard InChI is InChI=1S/C14H17NO4/c1-10(2)13(16)18-7-8-19-14(17)15-12-6-4-5-11(3)9-12/h4-6,9H,1,7-8H2,2-3H3,(H,15,17). The van der Waals surface area contributed by atoms with E-state index in [0.29, 0.717) is 11.3 Å². The van der Waals surface area contributed by atoms with Crippen molar-refractivity contribution >= 4 is 17.7 Å². The Hall–Kier alpha value is -2.30. The van der Waals surface area contributed by atoms with Crippen LogP contribution in [0, 0.1) is 6.92 Å². The second kappa shape index (κ2) is 7.20. The number of nitrogens with one attached hydrogen (secondary N) is 1. The van der Waals surface area contributed by atoms with Crippen molar-refractivity contribution in [2.24, 2.45) is 0 Å². The van der Waals surface area contributed by atoms with Gasteiger partial charge in [0.05, 0.1) is 0 Å². The number of ether oxygens (including phenoxy) is 2. The highest BCUT2D eigenvalue weighted by Crippen LogP contribution is 2.09. The summed E-state index contributed by atoms with van der Waals surface area (Å²) < 4.78 is 9.64. The Morgan fingerprint density at radius 3 is 2.58 bits per heavy atom. The maximum Gasteiger partial charge on any atom is 0.411 e. The van der Waals surface area contributed by atoms with Gasteiger partial charge in [-0.2, -0.15) is 0 Å². The van der Waals surface area contributed by atoms with Crippen molar-refractivity contribution in [3.05, 3.63) is 42.0 Å². The molecule has 1 aromatic rings. The van der Waals surface area contributed by atoms with Gasteiger partial charge in [0.15, 0.2) is 0 Å². The number of carbonyl (C=O) groups excluding carboxylic acids is 2. The van der Waals surface area contributed by atoms with E-state index in [0.717, 1.165) is 5.56 Å². The molecule has 5 heteroatoms. The summed E-state index contributed by atoms with van der Waals surface area (Å²) in [5.74, 6) is -0.498. The normalized spacial score (nSPS) is 9.58. The minimum absolute atomic E-state index is 0.00330. The topological polar surface area (TPSA) is 64.6 Å². The first-order valence-electron chi connectivity index (χ1n) is 5.82. The molecule has 0 spiro atoms. The number of hydrogen-bond acceptors (Lipinski definition) is 4. The number of amides is 1. The van der Waals surface area contributed by atoms with E-state index in [1.54, 1.807) is 13.0 Å². The van der Waals surface area contributed by atoms with E-state index in [1.165, 1.54) is 0 Å². The molecule has 1 rings (SSSR count). The highest BCUT2D eigenvalue weighted by Gasteiger charge is 2.05. The van der Waals surface area contributed by atoms with Crippen molar-refractivity contribution in [2.45, 2.75) is 13.8 Å². The summed E-state index contributed by atoms with van der Waals surface area (Å²) in [6.45, 7) is 6.92. The Kier molecular flexibility index (Phi) is 5.60. The Morgan fingerprint density at radius 1 is 1.26 bits per heavy atom. The van der Waals surface area contributed by atoms with Gasteiger partial charge in [-0.3, -0.25) is 5.32 Å². The quantitative estimate of drug-likeness (QED) is 0.504. The summed E-state index contributed by atoms with van der Waals surface area (Å²) in [5, 5.41) is 2.57. The molecule has 0 atom stereocenters. The number of rotatable bonds is 5.